The van der Waals surface area contributed by atoms with Gasteiger partial charge in [-0.3, -0.25) is 9.78 Å². The number of carbonyl (C=O) groups excluding carboxylic acids is 2. The number of carbonyl (C=O) groups is 2. The SMILES string of the molecule is CC(=O)N1CCC(OC(=O)c2nc(CO)c3cc(Cc4ccc(F)cc4)cnc3c2O)CC1. The Labute approximate surface area is 189 Å². The maximum Gasteiger partial charge on any atom is 0.361 e. The monoisotopic (exact) mass is 453 g/mol. The van der Waals surface area contributed by atoms with E-state index < -0.39 is 24.4 Å². The Balaban J connectivity index is 1.57. The fourth-order valence-electron chi connectivity index (χ4n) is 3.97. The number of esters is 1. The lowest BCUT2D eigenvalue weighted by Gasteiger charge is -2.30. The number of rotatable bonds is 5. The van der Waals surface area contributed by atoms with Gasteiger partial charge < -0.3 is 19.8 Å². The average molecular weight is 453 g/mol. The quantitative estimate of drug-likeness (QED) is 0.571. The lowest BCUT2D eigenvalue weighted by molar-refractivity contribution is -0.130. The zero-order valence-corrected chi connectivity index (χ0v) is 18.1. The first-order valence-corrected chi connectivity index (χ1v) is 10.7. The molecule has 3 aromatic rings. The molecule has 1 aromatic carbocycles. The van der Waals surface area contributed by atoms with Crippen LogP contribution in [0.2, 0.25) is 0 Å². The number of aromatic nitrogens is 2. The predicted molar refractivity (Wildman–Crippen MR) is 117 cm³/mol. The summed E-state index contributed by atoms with van der Waals surface area (Å²) in [6, 6.07) is 7.82. The van der Waals surface area contributed by atoms with Crippen molar-refractivity contribution in [2.75, 3.05) is 13.1 Å². The van der Waals surface area contributed by atoms with Gasteiger partial charge in [0.05, 0.1) is 12.3 Å². The van der Waals surface area contributed by atoms with E-state index in [0.29, 0.717) is 37.7 Å². The van der Waals surface area contributed by atoms with E-state index in [-0.39, 0.29) is 28.6 Å². The van der Waals surface area contributed by atoms with E-state index in [1.807, 2.05) is 0 Å². The molecule has 0 atom stereocenters. The summed E-state index contributed by atoms with van der Waals surface area (Å²) in [7, 11) is 0. The van der Waals surface area contributed by atoms with Crippen LogP contribution >= 0.6 is 0 Å². The second-order valence-corrected chi connectivity index (χ2v) is 8.07. The van der Waals surface area contributed by atoms with Gasteiger partial charge in [-0.25, -0.2) is 14.2 Å². The first-order chi connectivity index (χ1) is 15.9. The maximum absolute atomic E-state index is 13.1. The average Bonchev–Trinajstić information content (AvgIpc) is 2.81. The molecule has 2 aromatic heterocycles. The number of benzene rings is 1. The highest BCUT2D eigenvalue weighted by Crippen LogP contribution is 2.30. The molecule has 9 heteroatoms. The van der Waals surface area contributed by atoms with Crippen molar-refractivity contribution in [1.82, 2.24) is 14.9 Å². The molecular formula is C24H24FN3O5. The van der Waals surface area contributed by atoms with Crippen LogP contribution in [0, 0.1) is 5.82 Å². The molecular weight excluding hydrogens is 429 g/mol. The molecule has 8 nitrogen and oxygen atoms in total. The normalized spacial score (nSPS) is 14.5. The van der Waals surface area contributed by atoms with E-state index in [2.05, 4.69) is 9.97 Å². The van der Waals surface area contributed by atoms with Crippen LogP contribution < -0.4 is 0 Å². The molecule has 1 aliphatic rings. The zero-order valence-electron chi connectivity index (χ0n) is 18.1. The van der Waals surface area contributed by atoms with Crippen LogP contribution in [0.5, 0.6) is 5.75 Å². The standard InChI is InChI=1S/C24H24FN3O5/c1-14(30)28-8-6-18(7-9-28)33-24(32)22-23(31)21-19(20(13-29)27-22)11-16(12-26-21)10-15-2-4-17(25)5-3-15/h2-5,11-12,18,29,31H,6-10,13H2,1H3. The van der Waals surface area contributed by atoms with Gasteiger partial charge in [-0.2, -0.15) is 0 Å². The first kappa shape index (κ1) is 22.6. The third-order valence-corrected chi connectivity index (χ3v) is 5.78. The maximum atomic E-state index is 13.1. The van der Waals surface area contributed by atoms with Crippen LogP contribution in [0.15, 0.2) is 36.5 Å². The van der Waals surface area contributed by atoms with Gasteiger partial charge >= 0.3 is 5.97 Å². The van der Waals surface area contributed by atoms with Gasteiger partial charge in [-0.15, -0.1) is 0 Å². The van der Waals surface area contributed by atoms with E-state index in [9.17, 15) is 24.2 Å². The number of halogens is 1. The van der Waals surface area contributed by atoms with Crippen LogP contribution in [0.4, 0.5) is 4.39 Å². The van der Waals surface area contributed by atoms with Crippen molar-refractivity contribution in [1.29, 1.82) is 0 Å². The number of fused-ring (bicyclic) bond motifs is 1. The van der Waals surface area contributed by atoms with Gasteiger partial charge in [0.25, 0.3) is 0 Å². The van der Waals surface area contributed by atoms with Crippen LogP contribution in [0.25, 0.3) is 10.9 Å². The number of likely N-dealkylation sites (tertiary alicyclic amines) is 1. The largest absolute Gasteiger partial charge is 0.504 e. The lowest BCUT2D eigenvalue weighted by Crippen LogP contribution is -2.40. The molecule has 1 saturated heterocycles. The lowest BCUT2D eigenvalue weighted by atomic mass is 10.0. The number of pyridine rings is 2. The molecule has 0 unspecified atom stereocenters. The van der Waals surface area contributed by atoms with Gasteiger partial charge in [0, 0.05) is 44.4 Å². The zero-order chi connectivity index (χ0) is 23.5. The van der Waals surface area contributed by atoms with Crippen molar-refractivity contribution in [3.63, 3.8) is 0 Å². The Morgan fingerprint density at radius 3 is 2.52 bits per heavy atom. The van der Waals surface area contributed by atoms with Crippen LogP contribution in [0.1, 0.15) is 47.1 Å². The van der Waals surface area contributed by atoms with Crippen molar-refractivity contribution in [2.45, 2.75) is 38.9 Å². The number of nitrogens with zero attached hydrogens (tertiary/aromatic N) is 3. The summed E-state index contributed by atoms with van der Waals surface area (Å²) in [6.45, 7) is 2.02. The number of ether oxygens (including phenoxy) is 1. The smallest absolute Gasteiger partial charge is 0.361 e. The van der Waals surface area contributed by atoms with Crippen molar-refractivity contribution in [3.8, 4) is 5.75 Å². The van der Waals surface area contributed by atoms with E-state index >= 15 is 0 Å². The van der Waals surface area contributed by atoms with Crippen molar-refractivity contribution in [2.24, 2.45) is 0 Å². The van der Waals surface area contributed by atoms with E-state index in [1.54, 1.807) is 29.3 Å². The highest BCUT2D eigenvalue weighted by molar-refractivity contribution is 5.98. The number of piperidine rings is 1. The van der Waals surface area contributed by atoms with Gasteiger partial charge in [0.2, 0.25) is 5.91 Å². The van der Waals surface area contributed by atoms with Crippen molar-refractivity contribution >= 4 is 22.8 Å². The number of aliphatic hydroxyl groups excluding tert-OH is 1. The summed E-state index contributed by atoms with van der Waals surface area (Å²) < 4.78 is 18.7. The molecule has 1 amide bonds. The summed E-state index contributed by atoms with van der Waals surface area (Å²) in [5.41, 5.74) is 1.66. The Morgan fingerprint density at radius 1 is 1.18 bits per heavy atom. The molecule has 3 heterocycles. The predicted octanol–water partition coefficient (Wildman–Crippen LogP) is 2.73. The number of hydrogen-bond donors (Lipinski definition) is 2. The Kier molecular flexibility index (Phi) is 6.50. The second kappa shape index (κ2) is 9.50. The topological polar surface area (TPSA) is 113 Å². The summed E-state index contributed by atoms with van der Waals surface area (Å²) in [4.78, 5) is 34.3. The van der Waals surface area contributed by atoms with E-state index in [4.69, 9.17) is 4.74 Å². The minimum Gasteiger partial charge on any atom is -0.504 e. The molecule has 0 spiro atoms. The third kappa shape index (κ3) is 4.93. The van der Waals surface area contributed by atoms with E-state index in [0.717, 1.165) is 11.1 Å². The number of amides is 1. The molecule has 33 heavy (non-hydrogen) atoms. The summed E-state index contributed by atoms with van der Waals surface area (Å²) >= 11 is 0. The van der Waals surface area contributed by atoms with Gasteiger partial charge in [0.1, 0.15) is 17.4 Å². The number of aromatic hydroxyl groups is 1. The minimum absolute atomic E-state index is 0.0222. The van der Waals surface area contributed by atoms with Gasteiger partial charge in [-0.1, -0.05) is 12.1 Å². The van der Waals surface area contributed by atoms with Gasteiger partial charge in [0.15, 0.2) is 11.4 Å². The molecule has 4 rings (SSSR count). The third-order valence-electron chi connectivity index (χ3n) is 5.78. The molecule has 0 bridgehead atoms. The van der Waals surface area contributed by atoms with Crippen molar-refractivity contribution in [3.05, 3.63) is 64.9 Å². The second-order valence-electron chi connectivity index (χ2n) is 8.07. The molecule has 0 saturated carbocycles. The molecule has 1 fully saturated rings. The molecule has 0 radical (unpaired) electrons. The summed E-state index contributed by atoms with van der Waals surface area (Å²) in [6.07, 6.45) is 2.62. The Bertz CT molecular complexity index is 1190. The van der Waals surface area contributed by atoms with Crippen LogP contribution in [-0.2, 0) is 22.6 Å². The van der Waals surface area contributed by atoms with Crippen molar-refractivity contribution < 1.29 is 28.9 Å². The summed E-state index contributed by atoms with van der Waals surface area (Å²) in [5, 5.41) is 21.0. The molecule has 2 N–H and O–H groups in total. The van der Waals surface area contributed by atoms with Gasteiger partial charge in [-0.05, 0) is 35.7 Å². The minimum atomic E-state index is -0.803. The fraction of sp³-hybridized carbons (Fsp3) is 0.333. The highest BCUT2D eigenvalue weighted by atomic mass is 19.1. The molecule has 1 aliphatic heterocycles. The molecule has 172 valence electrons. The van der Waals surface area contributed by atoms with Crippen LogP contribution in [-0.4, -0.2) is 56.2 Å². The fourth-order valence-corrected chi connectivity index (χ4v) is 3.97. The number of aliphatic hydroxyl groups is 1. The molecule has 0 aliphatic carbocycles. The van der Waals surface area contributed by atoms with E-state index in [1.165, 1.54) is 19.1 Å². The Morgan fingerprint density at radius 2 is 1.88 bits per heavy atom. The summed E-state index contributed by atoms with van der Waals surface area (Å²) in [5.74, 6) is -1.56. The highest BCUT2D eigenvalue weighted by Gasteiger charge is 2.27. The number of hydrogen-bond acceptors (Lipinski definition) is 7. The first-order valence-electron chi connectivity index (χ1n) is 10.7. The van der Waals surface area contributed by atoms with Crippen LogP contribution in [0.3, 0.4) is 0 Å². The Hall–Kier alpha value is -3.59.